The molecule has 2 aromatic rings. The van der Waals surface area contributed by atoms with Gasteiger partial charge in [-0.25, -0.2) is 4.79 Å². The lowest BCUT2D eigenvalue weighted by Gasteiger charge is -2.20. The number of nitrogens with zero attached hydrogens (tertiary/aromatic N) is 2. The maximum Gasteiger partial charge on any atom is 0.387 e. The summed E-state index contributed by atoms with van der Waals surface area (Å²) in [6, 6.07) is 6.01. The van der Waals surface area contributed by atoms with Gasteiger partial charge >= 0.3 is 12.6 Å². The minimum Gasteiger partial charge on any atom is -0.432 e. The van der Waals surface area contributed by atoms with Crippen molar-refractivity contribution in [2.24, 2.45) is 0 Å². The molecule has 0 aliphatic heterocycles. The number of benzene rings is 1. The second-order valence-corrected chi connectivity index (χ2v) is 4.49. The molecule has 0 bridgehead atoms. The predicted octanol–water partition coefficient (Wildman–Crippen LogP) is 3.71. The van der Waals surface area contributed by atoms with Crippen LogP contribution in [0.15, 0.2) is 30.5 Å². The Bertz CT molecular complexity index is 660. The molecular weight excluding hydrogens is 292 g/mol. The number of carbonyl (C=O) groups excluding carboxylic acids is 1. The van der Waals surface area contributed by atoms with Crippen molar-refractivity contribution in [1.82, 2.24) is 9.88 Å². The number of pyridine rings is 1. The van der Waals surface area contributed by atoms with Gasteiger partial charge < -0.3 is 15.0 Å². The molecule has 0 unspecified atom stereocenters. The van der Waals surface area contributed by atoms with Gasteiger partial charge in [0.15, 0.2) is 5.75 Å². The Morgan fingerprint density at radius 2 is 2.05 bits per heavy atom. The first-order valence-electron chi connectivity index (χ1n) is 6.95. The molecule has 2 amide bonds. The molecule has 0 aliphatic carbocycles. The van der Waals surface area contributed by atoms with Crippen molar-refractivity contribution in [1.29, 1.82) is 0 Å². The van der Waals surface area contributed by atoms with Crippen LogP contribution >= 0.6 is 0 Å². The fraction of sp³-hybridized carbons (Fsp3) is 0.333. The summed E-state index contributed by atoms with van der Waals surface area (Å²) in [6.07, 6.45) is 1.48. The highest BCUT2D eigenvalue weighted by Gasteiger charge is 2.15. The molecule has 118 valence electrons. The molecule has 1 N–H and O–H groups in total. The van der Waals surface area contributed by atoms with E-state index in [0.29, 0.717) is 24.2 Å². The lowest BCUT2D eigenvalue weighted by molar-refractivity contribution is -0.0489. The summed E-state index contributed by atoms with van der Waals surface area (Å²) < 4.78 is 29.3. The Labute approximate surface area is 126 Å². The molecule has 0 aliphatic rings. The Morgan fingerprint density at radius 3 is 2.68 bits per heavy atom. The number of hydrogen-bond acceptors (Lipinski definition) is 3. The number of rotatable bonds is 5. The van der Waals surface area contributed by atoms with Crippen molar-refractivity contribution in [2.75, 3.05) is 18.4 Å². The van der Waals surface area contributed by atoms with E-state index in [2.05, 4.69) is 15.0 Å². The molecule has 0 fully saturated rings. The van der Waals surface area contributed by atoms with E-state index in [4.69, 9.17) is 0 Å². The molecular formula is C15H17F2N3O2. The van der Waals surface area contributed by atoms with Gasteiger partial charge in [0.05, 0.1) is 5.69 Å². The highest BCUT2D eigenvalue weighted by atomic mass is 19.3. The van der Waals surface area contributed by atoms with Crippen LogP contribution in [0.1, 0.15) is 13.8 Å². The lowest BCUT2D eigenvalue weighted by Crippen LogP contribution is -2.34. The summed E-state index contributed by atoms with van der Waals surface area (Å²) in [5.41, 5.74) is 0.779. The molecule has 0 spiro atoms. The largest absolute Gasteiger partial charge is 0.432 e. The minimum absolute atomic E-state index is 0.0218. The van der Waals surface area contributed by atoms with Crippen LogP contribution in [0.3, 0.4) is 0 Å². The first-order chi connectivity index (χ1) is 10.6. The average Bonchev–Trinajstić information content (AvgIpc) is 2.50. The smallest absolute Gasteiger partial charge is 0.387 e. The van der Waals surface area contributed by atoms with Crippen LogP contribution in [0.25, 0.3) is 10.9 Å². The fourth-order valence-electron chi connectivity index (χ4n) is 2.15. The van der Waals surface area contributed by atoms with Gasteiger partial charge in [0.2, 0.25) is 0 Å². The second kappa shape index (κ2) is 7.02. The van der Waals surface area contributed by atoms with E-state index < -0.39 is 6.61 Å². The fourth-order valence-corrected chi connectivity index (χ4v) is 2.15. The van der Waals surface area contributed by atoms with E-state index in [1.807, 2.05) is 13.8 Å². The van der Waals surface area contributed by atoms with Crippen LogP contribution in [0, 0.1) is 0 Å². The molecule has 1 aromatic carbocycles. The summed E-state index contributed by atoms with van der Waals surface area (Å²) in [5.74, 6) is -0.0218. The van der Waals surface area contributed by atoms with Crippen molar-refractivity contribution in [3.05, 3.63) is 30.5 Å². The topological polar surface area (TPSA) is 54.5 Å². The molecule has 2 rings (SSSR count). The summed E-state index contributed by atoms with van der Waals surface area (Å²) in [6.45, 7) is 1.97. The zero-order valence-electron chi connectivity index (χ0n) is 12.3. The van der Waals surface area contributed by atoms with Gasteiger partial charge in [-0.05, 0) is 38.1 Å². The summed E-state index contributed by atoms with van der Waals surface area (Å²) >= 11 is 0. The molecule has 22 heavy (non-hydrogen) atoms. The van der Waals surface area contributed by atoms with Crippen LogP contribution in [-0.2, 0) is 0 Å². The SMILES string of the molecule is CCN(CC)C(=O)Nc1ccc(OC(F)F)c2ncccc12. The number of alkyl halides is 2. The third-order valence-electron chi connectivity index (χ3n) is 3.24. The summed E-state index contributed by atoms with van der Waals surface area (Å²) in [5, 5.41) is 3.31. The van der Waals surface area contributed by atoms with Gasteiger partial charge in [0, 0.05) is 24.7 Å². The van der Waals surface area contributed by atoms with E-state index in [9.17, 15) is 13.6 Å². The number of fused-ring (bicyclic) bond motifs is 1. The molecule has 0 radical (unpaired) electrons. The second-order valence-electron chi connectivity index (χ2n) is 4.49. The minimum atomic E-state index is -2.93. The molecule has 1 heterocycles. The van der Waals surface area contributed by atoms with Crippen LogP contribution in [0.2, 0.25) is 0 Å². The maximum absolute atomic E-state index is 12.4. The third-order valence-corrected chi connectivity index (χ3v) is 3.24. The van der Waals surface area contributed by atoms with Gasteiger partial charge in [0.1, 0.15) is 5.52 Å². The normalized spacial score (nSPS) is 10.8. The number of carbonyl (C=O) groups is 1. The number of amides is 2. The van der Waals surface area contributed by atoms with Crippen molar-refractivity contribution in [2.45, 2.75) is 20.5 Å². The maximum atomic E-state index is 12.4. The summed E-state index contributed by atoms with van der Waals surface area (Å²) in [7, 11) is 0. The number of ether oxygens (including phenoxy) is 1. The number of aromatic nitrogens is 1. The molecule has 7 heteroatoms. The van der Waals surface area contributed by atoms with Gasteiger partial charge in [-0.3, -0.25) is 4.98 Å². The first kappa shape index (κ1) is 15.9. The van der Waals surface area contributed by atoms with Crippen LogP contribution in [0.5, 0.6) is 5.75 Å². The number of urea groups is 1. The highest BCUT2D eigenvalue weighted by molar-refractivity contribution is 6.02. The Balaban J connectivity index is 2.38. The number of halogens is 2. The van der Waals surface area contributed by atoms with E-state index in [1.165, 1.54) is 18.3 Å². The van der Waals surface area contributed by atoms with E-state index in [1.54, 1.807) is 17.0 Å². The standard InChI is InChI=1S/C15H17F2N3O2/c1-3-20(4-2)15(21)19-11-7-8-12(22-14(16)17)13-10(11)6-5-9-18-13/h5-9,14H,3-4H2,1-2H3,(H,19,21). The van der Waals surface area contributed by atoms with Crippen molar-refractivity contribution >= 4 is 22.6 Å². The van der Waals surface area contributed by atoms with Gasteiger partial charge in [0.25, 0.3) is 0 Å². The average molecular weight is 309 g/mol. The van der Waals surface area contributed by atoms with E-state index >= 15 is 0 Å². The lowest BCUT2D eigenvalue weighted by atomic mass is 10.1. The molecule has 0 saturated carbocycles. The first-order valence-corrected chi connectivity index (χ1v) is 6.95. The predicted molar refractivity (Wildman–Crippen MR) is 80.3 cm³/mol. The van der Waals surface area contributed by atoms with Crippen molar-refractivity contribution in [3.8, 4) is 5.75 Å². The molecule has 1 aromatic heterocycles. The number of nitrogens with one attached hydrogen (secondary N) is 1. The van der Waals surface area contributed by atoms with Gasteiger partial charge in [-0.1, -0.05) is 0 Å². The van der Waals surface area contributed by atoms with Crippen LogP contribution < -0.4 is 10.1 Å². The summed E-state index contributed by atoms with van der Waals surface area (Å²) in [4.78, 5) is 17.8. The van der Waals surface area contributed by atoms with Crippen molar-refractivity contribution in [3.63, 3.8) is 0 Å². The highest BCUT2D eigenvalue weighted by Crippen LogP contribution is 2.31. The number of anilines is 1. The van der Waals surface area contributed by atoms with Crippen LogP contribution in [-0.4, -0.2) is 35.6 Å². The van der Waals surface area contributed by atoms with E-state index in [0.717, 1.165) is 0 Å². The van der Waals surface area contributed by atoms with E-state index in [-0.39, 0.29) is 17.3 Å². The van der Waals surface area contributed by atoms with Gasteiger partial charge in [-0.2, -0.15) is 8.78 Å². The third kappa shape index (κ3) is 3.41. The zero-order valence-corrected chi connectivity index (χ0v) is 12.3. The monoisotopic (exact) mass is 309 g/mol. The molecule has 0 atom stereocenters. The van der Waals surface area contributed by atoms with Gasteiger partial charge in [-0.15, -0.1) is 0 Å². The van der Waals surface area contributed by atoms with Crippen molar-refractivity contribution < 1.29 is 18.3 Å². The van der Waals surface area contributed by atoms with Crippen LogP contribution in [0.4, 0.5) is 19.3 Å². The molecule has 0 saturated heterocycles. The molecule has 5 nitrogen and oxygen atoms in total. The quantitative estimate of drug-likeness (QED) is 0.916. The Morgan fingerprint density at radius 1 is 1.32 bits per heavy atom. The number of hydrogen-bond donors (Lipinski definition) is 1. The Kier molecular flexibility index (Phi) is 5.08. The zero-order chi connectivity index (χ0) is 16.1. The Hall–Kier alpha value is -2.44.